The molecule has 2 aromatic rings. The summed E-state index contributed by atoms with van der Waals surface area (Å²) < 4.78 is 31.9. The zero-order valence-electron chi connectivity index (χ0n) is 9.23. The van der Waals surface area contributed by atoms with Gasteiger partial charge in [0.15, 0.2) is 11.6 Å². The van der Waals surface area contributed by atoms with Gasteiger partial charge in [-0.3, -0.25) is 0 Å². The van der Waals surface area contributed by atoms with Crippen LogP contribution >= 0.6 is 15.9 Å². The van der Waals surface area contributed by atoms with E-state index in [0.717, 1.165) is 12.1 Å². The van der Waals surface area contributed by atoms with Gasteiger partial charge in [0.1, 0.15) is 0 Å². The number of carboxylic acid groups (broad SMARTS) is 1. The van der Waals surface area contributed by atoms with Crippen LogP contribution in [-0.2, 0) is 0 Å². The van der Waals surface area contributed by atoms with Crippen LogP contribution in [0, 0.1) is 11.6 Å². The second-order valence-corrected chi connectivity index (χ2v) is 4.41. The van der Waals surface area contributed by atoms with Crippen LogP contribution < -0.4 is 4.74 Å². The van der Waals surface area contributed by atoms with Crippen molar-refractivity contribution >= 4 is 21.9 Å². The molecular weight excluding hydrogens is 324 g/mol. The highest BCUT2D eigenvalue weighted by atomic mass is 79.9. The van der Waals surface area contributed by atoms with E-state index in [0.29, 0.717) is 0 Å². The van der Waals surface area contributed by atoms with Crippen LogP contribution in [0.3, 0.4) is 0 Å². The van der Waals surface area contributed by atoms with Crippen LogP contribution in [0.1, 0.15) is 10.4 Å². The van der Waals surface area contributed by atoms with Crippen LogP contribution in [0.2, 0.25) is 0 Å². The minimum absolute atomic E-state index is 0.0686. The van der Waals surface area contributed by atoms with Gasteiger partial charge in [-0.15, -0.1) is 0 Å². The van der Waals surface area contributed by atoms with Crippen molar-refractivity contribution in [3.05, 3.63) is 52.1 Å². The lowest BCUT2D eigenvalue weighted by Gasteiger charge is -2.07. The molecule has 0 saturated carbocycles. The summed E-state index contributed by atoms with van der Waals surface area (Å²) in [6.45, 7) is 0. The van der Waals surface area contributed by atoms with E-state index in [4.69, 9.17) is 9.84 Å². The number of hydrogen-bond acceptors (Lipinski definition) is 3. The monoisotopic (exact) mass is 329 g/mol. The fourth-order valence-corrected chi connectivity index (χ4v) is 1.73. The topological polar surface area (TPSA) is 59.4 Å². The first-order valence-corrected chi connectivity index (χ1v) is 5.78. The second-order valence-electron chi connectivity index (χ2n) is 3.49. The van der Waals surface area contributed by atoms with Gasteiger partial charge in [-0.2, -0.15) is 4.39 Å². The summed E-state index contributed by atoms with van der Waals surface area (Å²) in [5.74, 6) is -3.96. The van der Waals surface area contributed by atoms with Crippen molar-refractivity contribution in [1.82, 2.24) is 4.98 Å². The van der Waals surface area contributed by atoms with Gasteiger partial charge in [0.25, 0.3) is 0 Å². The third-order valence-electron chi connectivity index (χ3n) is 2.16. The van der Waals surface area contributed by atoms with Crippen LogP contribution in [0.15, 0.2) is 34.9 Å². The summed E-state index contributed by atoms with van der Waals surface area (Å²) >= 11 is 3.00. The number of pyridine rings is 1. The van der Waals surface area contributed by atoms with Gasteiger partial charge in [-0.1, -0.05) is 15.9 Å². The highest BCUT2D eigenvalue weighted by molar-refractivity contribution is 9.10. The van der Waals surface area contributed by atoms with Gasteiger partial charge in [-0.25, -0.2) is 14.2 Å². The van der Waals surface area contributed by atoms with Crippen molar-refractivity contribution in [3.63, 3.8) is 0 Å². The molecule has 0 radical (unpaired) electrons. The van der Waals surface area contributed by atoms with E-state index in [1.165, 1.54) is 18.3 Å². The van der Waals surface area contributed by atoms with Crippen molar-refractivity contribution in [2.45, 2.75) is 0 Å². The maximum atomic E-state index is 13.5. The number of benzene rings is 1. The number of carbonyl (C=O) groups is 1. The minimum Gasteiger partial charge on any atom is -0.478 e. The van der Waals surface area contributed by atoms with Crippen molar-refractivity contribution in [3.8, 4) is 11.6 Å². The molecule has 0 bridgehead atoms. The maximum absolute atomic E-state index is 13.5. The number of halogens is 3. The van der Waals surface area contributed by atoms with Gasteiger partial charge in [0.05, 0.1) is 5.56 Å². The lowest BCUT2D eigenvalue weighted by atomic mass is 10.3. The highest BCUT2D eigenvalue weighted by Gasteiger charge is 2.13. The van der Waals surface area contributed by atoms with Crippen molar-refractivity contribution in [1.29, 1.82) is 0 Å². The molecule has 0 spiro atoms. The molecule has 19 heavy (non-hydrogen) atoms. The quantitative estimate of drug-likeness (QED) is 0.874. The average Bonchev–Trinajstić information content (AvgIpc) is 2.35. The zero-order valence-corrected chi connectivity index (χ0v) is 10.8. The molecule has 1 heterocycles. The van der Waals surface area contributed by atoms with E-state index in [9.17, 15) is 13.6 Å². The number of rotatable bonds is 3. The first-order chi connectivity index (χ1) is 8.97. The molecule has 0 aliphatic carbocycles. The molecule has 0 aliphatic heterocycles. The molecule has 7 heteroatoms. The van der Waals surface area contributed by atoms with Crippen LogP contribution in [0.5, 0.6) is 11.6 Å². The van der Waals surface area contributed by atoms with Crippen LogP contribution in [-0.4, -0.2) is 16.1 Å². The first-order valence-electron chi connectivity index (χ1n) is 4.99. The Morgan fingerprint density at radius 3 is 2.74 bits per heavy atom. The number of aromatic carboxylic acids is 1. The van der Waals surface area contributed by atoms with Crippen molar-refractivity contribution in [2.24, 2.45) is 0 Å². The molecule has 0 aliphatic rings. The van der Waals surface area contributed by atoms with Crippen LogP contribution in [0.4, 0.5) is 8.78 Å². The second kappa shape index (κ2) is 5.31. The lowest BCUT2D eigenvalue weighted by Crippen LogP contribution is -1.99. The normalized spacial score (nSPS) is 10.3. The SMILES string of the molecule is O=C(O)c1ccnc(Oc2cc(Br)cc(F)c2F)c1. The number of hydrogen-bond donors (Lipinski definition) is 1. The Balaban J connectivity index is 2.36. The summed E-state index contributed by atoms with van der Waals surface area (Å²) in [5.41, 5.74) is -0.0686. The molecule has 0 atom stereocenters. The summed E-state index contributed by atoms with van der Waals surface area (Å²) in [6.07, 6.45) is 1.20. The number of carboxylic acids is 1. The van der Waals surface area contributed by atoms with Gasteiger partial charge < -0.3 is 9.84 Å². The summed E-state index contributed by atoms with van der Waals surface area (Å²) in [4.78, 5) is 14.5. The Bertz CT molecular complexity index is 649. The predicted molar refractivity (Wildman–Crippen MR) is 65.3 cm³/mol. The van der Waals surface area contributed by atoms with E-state index in [2.05, 4.69) is 20.9 Å². The van der Waals surface area contributed by atoms with Crippen molar-refractivity contribution < 1.29 is 23.4 Å². The predicted octanol–water partition coefficient (Wildman–Crippen LogP) is 3.61. The minimum atomic E-state index is -1.18. The maximum Gasteiger partial charge on any atom is 0.335 e. The third-order valence-corrected chi connectivity index (χ3v) is 2.61. The molecule has 98 valence electrons. The largest absolute Gasteiger partial charge is 0.478 e. The molecule has 1 aromatic carbocycles. The van der Waals surface area contributed by atoms with E-state index >= 15 is 0 Å². The van der Waals surface area contributed by atoms with E-state index in [1.54, 1.807) is 0 Å². The summed E-state index contributed by atoms with van der Waals surface area (Å²) in [6, 6.07) is 4.53. The average molecular weight is 330 g/mol. The molecule has 4 nitrogen and oxygen atoms in total. The lowest BCUT2D eigenvalue weighted by molar-refractivity contribution is 0.0696. The fourth-order valence-electron chi connectivity index (χ4n) is 1.32. The van der Waals surface area contributed by atoms with E-state index < -0.39 is 17.6 Å². The number of aromatic nitrogens is 1. The van der Waals surface area contributed by atoms with Crippen molar-refractivity contribution in [2.75, 3.05) is 0 Å². The summed E-state index contributed by atoms with van der Waals surface area (Å²) in [5, 5.41) is 8.79. The molecule has 2 rings (SSSR count). The Labute approximate surface area is 114 Å². The Morgan fingerprint density at radius 1 is 1.32 bits per heavy atom. The van der Waals surface area contributed by atoms with Gasteiger partial charge in [0.2, 0.25) is 11.7 Å². The Morgan fingerprint density at radius 2 is 2.05 bits per heavy atom. The van der Waals surface area contributed by atoms with Gasteiger partial charge in [-0.05, 0) is 18.2 Å². The molecule has 0 unspecified atom stereocenters. The molecule has 0 fully saturated rings. The molecule has 0 amide bonds. The fraction of sp³-hybridized carbons (Fsp3) is 0. The van der Waals surface area contributed by atoms with E-state index in [1.807, 2.05) is 0 Å². The molecule has 0 saturated heterocycles. The number of ether oxygens (including phenoxy) is 1. The van der Waals surface area contributed by atoms with Gasteiger partial charge in [0, 0.05) is 16.7 Å². The number of nitrogens with zero attached hydrogens (tertiary/aromatic N) is 1. The smallest absolute Gasteiger partial charge is 0.335 e. The zero-order chi connectivity index (χ0) is 14.0. The Kier molecular flexibility index (Phi) is 3.75. The van der Waals surface area contributed by atoms with E-state index in [-0.39, 0.29) is 21.7 Å². The molecule has 1 N–H and O–H groups in total. The first kappa shape index (κ1) is 13.4. The highest BCUT2D eigenvalue weighted by Crippen LogP contribution is 2.28. The standard InChI is InChI=1S/C12H6BrF2NO3/c13-7-4-8(14)11(15)9(5-7)19-10-3-6(12(17)18)1-2-16-10/h1-5H,(H,17,18). The molecular formula is C12H6BrF2NO3. The Hall–Kier alpha value is -2.02. The van der Waals surface area contributed by atoms with Gasteiger partial charge >= 0.3 is 5.97 Å². The third kappa shape index (κ3) is 3.05. The summed E-state index contributed by atoms with van der Waals surface area (Å²) in [7, 11) is 0. The molecule has 1 aromatic heterocycles. The van der Waals surface area contributed by atoms with Crippen LogP contribution in [0.25, 0.3) is 0 Å².